The SMILES string of the molecule is COc1c2ccc(-c3c(C)cc(C(F)(F)F)cc3O)nc2nn1[C@H]1CCC(=O)N(C)C1. The number of aryl methyl sites for hydroxylation is 1. The molecule has 164 valence electrons. The number of aromatic nitrogens is 3. The lowest BCUT2D eigenvalue weighted by Gasteiger charge is -2.30. The van der Waals surface area contributed by atoms with Gasteiger partial charge >= 0.3 is 6.18 Å². The van der Waals surface area contributed by atoms with E-state index in [0.29, 0.717) is 48.1 Å². The van der Waals surface area contributed by atoms with Gasteiger partial charge in [-0.25, -0.2) is 9.67 Å². The maximum absolute atomic E-state index is 13.0. The molecule has 1 N–H and O–H groups in total. The first-order valence-corrected chi connectivity index (χ1v) is 9.68. The van der Waals surface area contributed by atoms with Crippen LogP contribution in [0.15, 0.2) is 24.3 Å². The minimum atomic E-state index is -4.56. The molecule has 1 aliphatic rings. The van der Waals surface area contributed by atoms with Gasteiger partial charge in [-0.3, -0.25) is 4.79 Å². The number of pyridine rings is 1. The number of nitrogens with zero attached hydrogens (tertiary/aromatic N) is 4. The Hall–Kier alpha value is -3.30. The van der Waals surface area contributed by atoms with E-state index in [2.05, 4.69) is 10.1 Å². The number of benzene rings is 1. The monoisotopic (exact) mass is 434 g/mol. The molecule has 31 heavy (non-hydrogen) atoms. The summed E-state index contributed by atoms with van der Waals surface area (Å²) >= 11 is 0. The first kappa shape index (κ1) is 21.0. The number of likely N-dealkylation sites (N-methyl/N-ethyl adjacent to an activating group) is 1. The van der Waals surface area contributed by atoms with Crippen LogP contribution in [0.4, 0.5) is 13.2 Å². The number of hydrogen-bond donors (Lipinski definition) is 1. The van der Waals surface area contributed by atoms with E-state index in [-0.39, 0.29) is 23.1 Å². The minimum Gasteiger partial charge on any atom is -0.507 e. The van der Waals surface area contributed by atoms with Gasteiger partial charge in [-0.1, -0.05) is 0 Å². The van der Waals surface area contributed by atoms with Gasteiger partial charge in [-0.05, 0) is 43.2 Å². The highest BCUT2D eigenvalue weighted by atomic mass is 19.4. The number of carbonyl (C=O) groups is 1. The lowest BCUT2D eigenvalue weighted by molar-refractivity contribution is -0.137. The van der Waals surface area contributed by atoms with Crippen molar-refractivity contribution in [3.8, 4) is 22.9 Å². The normalized spacial score (nSPS) is 17.4. The number of piperidine rings is 1. The van der Waals surface area contributed by atoms with Crippen molar-refractivity contribution in [2.24, 2.45) is 0 Å². The summed E-state index contributed by atoms with van der Waals surface area (Å²) in [4.78, 5) is 17.9. The standard InChI is InChI=1S/C21H21F3N4O3/c1-11-8-12(21(22,23)24)9-16(29)18(11)15-6-5-14-19(25-15)26-28(20(14)31-3)13-4-7-17(30)27(2)10-13/h5-6,8-9,13,29H,4,7,10H2,1-3H3/t13-/m0/s1. The predicted molar refractivity (Wildman–Crippen MR) is 107 cm³/mol. The molecule has 0 spiro atoms. The molecule has 0 saturated carbocycles. The summed E-state index contributed by atoms with van der Waals surface area (Å²) in [6.45, 7) is 1.97. The summed E-state index contributed by atoms with van der Waals surface area (Å²) in [5.41, 5.74) is 0.186. The van der Waals surface area contributed by atoms with Crippen LogP contribution in [0.1, 0.15) is 30.0 Å². The van der Waals surface area contributed by atoms with Gasteiger partial charge in [0.15, 0.2) is 5.65 Å². The average molecular weight is 434 g/mol. The Morgan fingerprint density at radius 1 is 1.26 bits per heavy atom. The van der Waals surface area contributed by atoms with Crippen LogP contribution in [0.25, 0.3) is 22.3 Å². The van der Waals surface area contributed by atoms with Crippen molar-refractivity contribution >= 4 is 16.9 Å². The second-order valence-corrected chi connectivity index (χ2v) is 7.67. The number of methoxy groups -OCH3 is 1. The lowest BCUT2D eigenvalue weighted by atomic mass is 10.00. The highest BCUT2D eigenvalue weighted by molar-refractivity contribution is 5.85. The maximum atomic E-state index is 13.0. The van der Waals surface area contributed by atoms with E-state index in [1.165, 1.54) is 14.0 Å². The number of phenolic OH excluding ortho intramolecular Hbond substituents is 1. The smallest absolute Gasteiger partial charge is 0.416 e. The molecule has 1 saturated heterocycles. The highest BCUT2D eigenvalue weighted by Crippen LogP contribution is 2.39. The van der Waals surface area contributed by atoms with Crippen LogP contribution >= 0.6 is 0 Å². The van der Waals surface area contributed by atoms with Crippen LogP contribution in [0, 0.1) is 6.92 Å². The third kappa shape index (κ3) is 3.66. The Morgan fingerprint density at radius 3 is 2.61 bits per heavy atom. The number of fused-ring (bicyclic) bond motifs is 1. The molecule has 1 aliphatic heterocycles. The van der Waals surface area contributed by atoms with E-state index in [9.17, 15) is 23.1 Å². The van der Waals surface area contributed by atoms with Crippen LogP contribution in [-0.2, 0) is 11.0 Å². The number of halogens is 3. The molecule has 2 aromatic heterocycles. The zero-order valence-corrected chi connectivity index (χ0v) is 17.2. The second kappa shape index (κ2) is 7.44. The van der Waals surface area contributed by atoms with Crippen LogP contribution in [-0.4, -0.2) is 51.4 Å². The summed E-state index contributed by atoms with van der Waals surface area (Å²) in [6.07, 6.45) is -3.55. The maximum Gasteiger partial charge on any atom is 0.416 e. The summed E-state index contributed by atoms with van der Waals surface area (Å²) in [6, 6.07) is 4.92. The van der Waals surface area contributed by atoms with E-state index in [0.717, 1.165) is 6.07 Å². The molecular weight excluding hydrogens is 413 g/mol. The van der Waals surface area contributed by atoms with Crippen molar-refractivity contribution in [2.75, 3.05) is 20.7 Å². The zero-order chi connectivity index (χ0) is 22.5. The summed E-state index contributed by atoms with van der Waals surface area (Å²) in [5.74, 6) is 0.0637. The molecule has 3 aromatic rings. The van der Waals surface area contributed by atoms with Gasteiger partial charge in [0.05, 0.1) is 29.8 Å². The number of carbonyl (C=O) groups excluding carboxylic acids is 1. The van der Waals surface area contributed by atoms with Gasteiger partial charge in [0, 0.05) is 25.6 Å². The first-order valence-electron chi connectivity index (χ1n) is 9.68. The summed E-state index contributed by atoms with van der Waals surface area (Å²) in [5, 5.41) is 15.5. The molecule has 0 radical (unpaired) electrons. The van der Waals surface area contributed by atoms with Gasteiger partial charge in [0.1, 0.15) is 5.75 Å². The second-order valence-electron chi connectivity index (χ2n) is 7.67. The zero-order valence-electron chi connectivity index (χ0n) is 17.2. The molecule has 3 heterocycles. The van der Waals surface area contributed by atoms with E-state index in [4.69, 9.17) is 4.74 Å². The molecule has 0 bridgehead atoms. The highest BCUT2D eigenvalue weighted by Gasteiger charge is 2.32. The van der Waals surface area contributed by atoms with E-state index in [1.54, 1.807) is 28.8 Å². The van der Waals surface area contributed by atoms with Gasteiger partial charge in [0.2, 0.25) is 11.8 Å². The topological polar surface area (TPSA) is 80.5 Å². The van der Waals surface area contributed by atoms with Crippen molar-refractivity contribution in [3.05, 3.63) is 35.4 Å². The van der Waals surface area contributed by atoms with E-state index < -0.39 is 17.5 Å². The molecule has 0 unspecified atom stereocenters. The Morgan fingerprint density at radius 2 is 2.00 bits per heavy atom. The molecule has 10 heteroatoms. The number of rotatable bonds is 3. The number of amides is 1. The van der Waals surface area contributed by atoms with Crippen molar-refractivity contribution in [1.82, 2.24) is 19.7 Å². The Bertz CT molecular complexity index is 1150. The molecule has 1 aromatic carbocycles. The van der Waals surface area contributed by atoms with Gasteiger partial charge in [0.25, 0.3) is 0 Å². The summed E-state index contributed by atoms with van der Waals surface area (Å²) in [7, 11) is 3.25. The van der Waals surface area contributed by atoms with Crippen molar-refractivity contribution < 1.29 is 27.8 Å². The molecule has 1 atom stereocenters. The molecule has 1 fully saturated rings. The number of phenols is 1. The number of hydrogen-bond acceptors (Lipinski definition) is 5. The Kier molecular flexibility index (Phi) is 5.03. The molecular formula is C21H21F3N4O3. The van der Waals surface area contributed by atoms with Crippen molar-refractivity contribution in [3.63, 3.8) is 0 Å². The number of likely N-dealkylation sites (tertiary alicyclic amines) is 1. The summed E-state index contributed by atoms with van der Waals surface area (Å²) < 4.78 is 46.3. The Balaban J connectivity index is 1.78. The fraction of sp³-hybridized carbons (Fsp3) is 0.381. The molecule has 7 nitrogen and oxygen atoms in total. The fourth-order valence-corrected chi connectivity index (χ4v) is 4.01. The predicted octanol–water partition coefficient (Wildman–Crippen LogP) is 3.93. The van der Waals surface area contributed by atoms with Crippen molar-refractivity contribution in [1.29, 1.82) is 0 Å². The molecule has 4 rings (SSSR count). The van der Waals surface area contributed by atoms with E-state index in [1.807, 2.05) is 0 Å². The van der Waals surface area contributed by atoms with E-state index >= 15 is 0 Å². The van der Waals surface area contributed by atoms with Gasteiger partial charge in [-0.2, -0.15) is 13.2 Å². The van der Waals surface area contributed by atoms with Crippen molar-refractivity contribution in [2.45, 2.75) is 32.0 Å². The van der Waals surface area contributed by atoms with Crippen LogP contribution in [0.5, 0.6) is 11.6 Å². The van der Waals surface area contributed by atoms with Gasteiger partial charge in [-0.15, -0.1) is 5.10 Å². The average Bonchev–Trinajstić information content (AvgIpc) is 3.06. The molecule has 0 aliphatic carbocycles. The number of aromatic hydroxyl groups is 1. The van der Waals surface area contributed by atoms with Crippen LogP contribution in [0.3, 0.4) is 0 Å². The van der Waals surface area contributed by atoms with Gasteiger partial charge < -0.3 is 14.7 Å². The number of alkyl halides is 3. The number of ether oxygens (including phenoxy) is 1. The van der Waals surface area contributed by atoms with Crippen LogP contribution in [0.2, 0.25) is 0 Å². The lowest BCUT2D eigenvalue weighted by Crippen LogP contribution is -2.38. The third-order valence-electron chi connectivity index (χ3n) is 5.56. The van der Waals surface area contributed by atoms with Crippen LogP contribution < -0.4 is 4.74 Å². The minimum absolute atomic E-state index is 0.0700. The molecule has 1 amide bonds. The largest absolute Gasteiger partial charge is 0.507 e. The first-order chi connectivity index (χ1) is 14.6. The Labute approximate surface area is 176 Å². The third-order valence-corrected chi connectivity index (χ3v) is 5.56. The fourth-order valence-electron chi connectivity index (χ4n) is 4.01. The quantitative estimate of drug-likeness (QED) is 0.676.